The van der Waals surface area contributed by atoms with Crippen molar-refractivity contribution in [3.05, 3.63) is 35.9 Å². The second kappa shape index (κ2) is 22.1. The Morgan fingerprint density at radius 3 is 1.73 bits per heavy atom. The minimum Gasteiger partial charge on any atom is -0.333 e. The zero-order valence-electron chi connectivity index (χ0n) is 15.0. The van der Waals surface area contributed by atoms with Crippen LogP contribution in [0.2, 0.25) is 0 Å². The van der Waals surface area contributed by atoms with Gasteiger partial charge >= 0.3 is 0 Å². The Balaban J connectivity index is 0. The Labute approximate surface area is 138 Å². The van der Waals surface area contributed by atoms with Gasteiger partial charge in [-0.15, -0.1) is 0 Å². The Bertz CT molecular complexity index is 298. The minimum atomic E-state index is 0.747. The highest BCUT2D eigenvalue weighted by Gasteiger charge is 1.94. The van der Waals surface area contributed by atoms with Gasteiger partial charge in [0.1, 0.15) is 6.29 Å². The number of hydrogen-bond donors (Lipinski definition) is 1. The molecule has 0 radical (unpaired) electrons. The van der Waals surface area contributed by atoms with E-state index in [2.05, 4.69) is 36.1 Å². The van der Waals surface area contributed by atoms with Gasteiger partial charge in [-0.2, -0.15) is 0 Å². The molecular weight excluding hydrogens is 270 g/mol. The van der Waals surface area contributed by atoms with Gasteiger partial charge in [0.05, 0.1) is 0 Å². The van der Waals surface area contributed by atoms with E-state index in [9.17, 15) is 4.79 Å². The maximum Gasteiger partial charge on any atom is 0.119 e. The lowest BCUT2D eigenvalue weighted by molar-refractivity contribution is -0.107. The first-order valence-electron chi connectivity index (χ1n) is 8.99. The molecule has 22 heavy (non-hydrogen) atoms. The van der Waals surface area contributed by atoms with Crippen molar-refractivity contribution in [2.45, 2.75) is 78.1 Å². The number of aryl methyl sites for hydroxylation is 1. The summed E-state index contributed by atoms with van der Waals surface area (Å²) in [5.41, 5.74) is 5.96. The number of unbranched alkanes of at least 4 members (excludes halogenated alkanes) is 8. The van der Waals surface area contributed by atoms with E-state index >= 15 is 0 Å². The molecule has 0 fully saturated rings. The van der Waals surface area contributed by atoms with E-state index in [1.54, 1.807) is 0 Å². The number of aldehydes is 1. The lowest BCUT2D eigenvalue weighted by atomic mass is 10.0. The van der Waals surface area contributed by atoms with Crippen LogP contribution < -0.4 is 5.73 Å². The van der Waals surface area contributed by atoms with Crippen LogP contribution in [-0.4, -0.2) is 13.3 Å². The fraction of sp³-hybridized carbons (Fsp3) is 0.650. The van der Waals surface area contributed by atoms with Crippen molar-refractivity contribution >= 4 is 6.29 Å². The van der Waals surface area contributed by atoms with Crippen molar-refractivity contribution in [3.8, 4) is 0 Å². The molecule has 2 heteroatoms. The number of rotatable bonds is 11. The van der Waals surface area contributed by atoms with E-state index in [0.29, 0.717) is 0 Å². The van der Waals surface area contributed by atoms with Crippen molar-refractivity contribution in [2.24, 2.45) is 5.73 Å². The van der Waals surface area contributed by atoms with Gasteiger partial charge in [-0.25, -0.2) is 0 Å². The summed E-state index contributed by atoms with van der Waals surface area (Å²) >= 11 is 0. The summed E-state index contributed by atoms with van der Waals surface area (Å²) in [5.74, 6) is 0. The zero-order chi connectivity index (χ0) is 16.9. The topological polar surface area (TPSA) is 43.1 Å². The molecule has 1 aromatic rings. The standard InChI is InChI=1S/C17H26O.C2H6.CH5N/c18-16-12-7-5-3-1-2-4-6-9-13-17-14-10-8-11-15-17;2*1-2/h8,10-11,14-16H,1-7,9,12-13H2;1-2H3;2H2,1H3. The zero-order valence-corrected chi connectivity index (χ0v) is 15.0. The smallest absolute Gasteiger partial charge is 0.119 e. The van der Waals surface area contributed by atoms with E-state index in [-0.39, 0.29) is 0 Å². The molecule has 1 rings (SSSR count). The summed E-state index contributed by atoms with van der Waals surface area (Å²) in [7, 11) is 1.50. The normalized spacial score (nSPS) is 9.09. The Morgan fingerprint density at radius 2 is 1.23 bits per heavy atom. The molecule has 0 aliphatic heterocycles. The molecule has 0 spiro atoms. The molecule has 0 heterocycles. The van der Waals surface area contributed by atoms with Crippen molar-refractivity contribution < 1.29 is 4.79 Å². The summed E-state index contributed by atoms with van der Waals surface area (Å²) < 4.78 is 0. The predicted octanol–water partition coefficient (Wildman–Crippen LogP) is 5.54. The van der Waals surface area contributed by atoms with Crippen molar-refractivity contribution in [1.82, 2.24) is 0 Å². The van der Waals surface area contributed by atoms with Crippen LogP contribution in [-0.2, 0) is 11.2 Å². The second-order valence-corrected chi connectivity index (χ2v) is 5.02. The van der Waals surface area contributed by atoms with Gasteiger partial charge in [-0.05, 0) is 31.9 Å². The fourth-order valence-electron chi connectivity index (χ4n) is 2.26. The molecule has 0 aromatic heterocycles. The van der Waals surface area contributed by atoms with E-state index in [1.807, 2.05) is 13.8 Å². The molecule has 0 aliphatic carbocycles. The van der Waals surface area contributed by atoms with Gasteiger partial charge in [0.2, 0.25) is 0 Å². The van der Waals surface area contributed by atoms with Crippen molar-refractivity contribution in [2.75, 3.05) is 7.05 Å². The largest absolute Gasteiger partial charge is 0.333 e. The van der Waals surface area contributed by atoms with E-state index in [4.69, 9.17) is 0 Å². The maximum atomic E-state index is 10.1. The summed E-state index contributed by atoms with van der Waals surface area (Å²) in [5, 5.41) is 0. The number of carbonyl (C=O) groups excluding carboxylic acids is 1. The number of nitrogens with two attached hydrogens (primary N) is 1. The van der Waals surface area contributed by atoms with Gasteiger partial charge in [0.15, 0.2) is 0 Å². The molecule has 2 nitrogen and oxygen atoms in total. The first kappa shape index (κ1) is 23.1. The Morgan fingerprint density at radius 1 is 0.773 bits per heavy atom. The predicted molar refractivity (Wildman–Crippen MR) is 99.2 cm³/mol. The molecule has 0 aliphatic rings. The van der Waals surface area contributed by atoms with Crippen LogP contribution in [0.5, 0.6) is 0 Å². The lowest BCUT2D eigenvalue weighted by Gasteiger charge is -2.02. The average Bonchev–Trinajstić information content (AvgIpc) is 2.61. The molecule has 0 saturated heterocycles. The molecule has 2 N–H and O–H groups in total. The van der Waals surface area contributed by atoms with Crippen LogP contribution in [0.3, 0.4) is 0 Å². The third kappa shape index (κ3) is 16.9. The lowest BCUT2D eigenvalue weighted by Crippen LogP contribution is -1.86. The first-order valence-corrected chi connectivity index (χ1v) is 8.99. The van der Waals surface area contributed by atoms with Gasteiger partial charge in [0.25, 0.3) is 0 Å². The Hall–Kier alpha value is -1.15. The number of carbonyl (C=O) groups is 1. The van der Waals surface area contributed by atoms with E-state index in [0.717, 1.165) is 19.1 Å². The third-order valence-electron chi connectivity index (χ3n) is 3.38. The van der Waals surface area contributed by atoms with Crippen molar-refractivity contribution in [3.63, 3.8) is 0 Å². The first-order chi connectivity index (χ1) is 10.9. The van der Waals surface area contributed by atoms with Gasteiger partial charge in [-0.1, -0.05) is 82.7 Å². The highest BCUT2D eigenvalue weighted by Crippen LogP contribution is 2.11. The fourth-order valence-corrected chi connectivity index (χ4v) is 2.26. The molecule has 0 atom stereocenters. The van der Waals surface area contributed by atoms with Gasteiger partial charge in [-0.3, -0.25) is 0 Å². The molecule has 128 valence electrons. The molecule has 0 saturated carbocycles. The third-order valence-corrected chi connectivity index (χ3v) is 3.38. The summed E-state index contributed by atoms with van der Waals surface area (Å²) in [6, 6.07) is 10.7. The number of hydrogen-bond acceptors (Lipinski definition) is 2. The maximum absolute atomic E-state index is 10.1. The molecule has 0 bridgehead atoms. The van der Waals surface area contributed by atoms with Crippen LogP contribution >= 0.6 is 0 Å². The van der Waals surface area contributed by atoms with Crippen molar-refractivity contribution in [1.29, 1.82) is 0 Å². The average molecular weight is 308 g/mol. The molecule has 0 amide bonds. The van der Waals surface area contributed by atoms with Crippen LogP contribution in [0.1, 0.15) is 77.2 Å². The van der Waals surface area contributed by atoms with Crippen LogP contribution in [0.4, 0.5) is 0 Å². The van der Waals surface area contributed by atoms with E-state index in [1.165, 1.54) is 64.0 Å². The molecule has 0 unspecified atom stereocenters. The number of benzene rings is 1. The summed E-state index contributed by atoms with van der Waals surface area (Å²) in [6.07, 6.45) is 13.3. The molecular formula is C20H37NO. The summed E-state index contributed by atoms with van der Waals surface area (Å²) in [6.45, 7) is 4.00. The summed E-state index contributed by atoms with van der Waals surface area (Å²) in [4.78, 5) is 10.1. The van der Waals surface area contributed by atoms with Crippen LogP contribution in [0, 0.1) is 0 Å². The SMILES string of the molecule is CC.CN.O=CCCCCCCCCCCc1ccccc1. The minimum absolute atomic E-state index is 0.747. The quantitative estimate of drug-likeness (QED) is 0.431. The van der Waals surface area contributed by atoms with Gasteiger partial charge in [0, 0.05) is 6.42 Å². The van der Waals surface area contributed by atoms with Crippen LogP contribution in [0.25, 0.3) is 0 Å². The monoisotopic (exact) mass is 307 g/mol. The highest BCUT2D eigenvalue weighted by molar-refractivity contribution is 5.48. The van der Waals surface area contributed by atoms with E-state index < -0.39 is 0 Å². The molecule has 1 aromatic carbocycles. The van der Waals surface area contributed by atoms with Crippen LogP contribution in [0.15, 0.2) is 30.3 Å². The highest BCUT2D eigenvalue weighted by atomic mass is 16.1. The second-order valence-electron chi connectivity index (χ2n) is 5.02. The van der Waals surface area contributed by atoms with Gasteiger partial charge < -0.3 is 10.5 Å². The Kier molecular flexibility index (Phi) is 23.3.